The number of hydrogen-bond acceptors (Lipinski definition) is 2. The molecule has 0 amide bonds. The van der Waals surface area contributed by atoms with Crippen LogP contribution in [0.3, 0.4) is 0 Å². The summed E-state index contributed by atoms with van der Waals surface area (Å²) >= 11 is 0. The summed E-state index contributed by atoms with van der Waals surface area (Å²) in [5.41, 5.74) is 0. The van der Waals surface area contributed by atoms with E-state index in [1.807, 2.05) is 7.05 Å². The highest BCUT2D eigenvalue weighted by molar-refractivity contribution is 14.0. The van der Waals surface area contributed by atoms with Crippen LogP contribution in [0.5, 0.6) is 0 Å². The lowest BCUT2D eigenvalue weighted by atomic mass is 10.1. The molecule has 0 aliphatic carbocycles. The zero-order chi connectivity index (χ0) is 13.4. The minimum Gasteiger partial charge on any atom is -0.356 e. The first-order chi connectivity index (χ1) is 8.61. The van der Waals surface area contributed by atoms with Gasteiger partial charge in [0.15, 0.2) is 5.96 Å². The smallest absolute Gasteiger partial charge is 0.191 e. The second kappa shape index (κ2) is 10.7. The third-order valence-electron chi connectivity index (χ3n) is 3.29. The molecule has 1 unspecified atom stereocenters. The number of nitrogens with one attached hydrogen (secondary N) is 2. The van der Waals surface area contributed by atoms with Crippen LogP contribution in [0.4, 0.5) is 0 Å². The summed E-state index contributed by atoms with van der Waals surface area (Å²) in [4.78, 5) is 6.82. The fourth-order valence-electron chi connectivity index (χ4n) is 2.39. The number of nitrogens with zero attached hydrogens (tertiary/aromatic N) is 2. The highest BCUT2D eigenvalue weighted by Gasteiger charge is 2.13. The summed E-state index contributed by atoms with van der Waals surface area (Å²) < 4.78 is 0. The van der Waals surface area contributed by atoms with Crippen molar-refractivity contribution >= 4 is 29.9 Å². The van der Waals surface area contributed by atoms with E-state index in [4.69, 9.17) is 0 Å². The van der Waals surface area contributed by atoms with Crippen molar-refractivity contribution in [2.24, 2.45) is 10.9 Å². The monoisotopic (exact) mass is 382 g/mol. The van der Waals surface area contributed by atoms with Crippen LogP contribution in [0, 0.1) is 5.92 Å². The normalized spacial score (nSPS) is 18.9. The molecular formula is C14H31IN4. The van der Waals surface area contributed by atoms with Crippen molar-refractivity contribution < 1.29 is 0 Å². The second-order valence-corrected chi connectivity index (χ2v) is 5.72. The summed E-state index contributed by atoms with van der Waals surface area (Å²) in [7, 11) is 1.83. The van der Waals surface area contributed by atoms with Gasteiger partial charge in [-0.25, -0.2) is 0 Å². The summed E-state index contributed by atoms with van der Waals surface area (Å²) in [6.45, 7) is 11.3. The molecule has 0 aromatic carbocycles. The minimum atomic E-state index is 0. The largest absolute Gasteiger partial charge is 0.356 e. The van der Waals surface area contributed by atoms with Crippen LogP contribution in [0.15, 0.2) is 4.99 Å². The first-order valence-corrected chi connectivity index (χ1v) is 7.31. The van der Waals surface area contributed by atoms with Gasteiger partial charge in [-0.05, 0) is 45.7 Å². The summed E-state index contributed by atoms with van der Waals surface area (Å²) in [6, 6.07) is 0.425. The zero-order valence-electron chi connectivity index (χ0n) is 12.9. The summed E-state index contributed by atoms with van der Waals surface area (Å²) in [6.07, 6.45) is 4.15. The van der Waals surface area contributed by atoms with Gasteiger partial charge in [-0.2, -0.15) is 0 Å². The predicted octanol–water partition coefficient (Wildman–Crippen LogP) is 2.30. The van der Waals surface area contributed by atoms with E-state index < -0.39 is 0 Å². The van der Waals surface area contributed by atoms with E-state index in [-0.39, 0.29) is 24.0 Å². The molecule has 1 rings (SSSR count). The molecular weight excluding hydrogens is 351 g/mol. The number of aliphatic imine (C=N–C) groups is 1. The summed E-state index contributed by atoms with van der Waals surface area (Å²) in [5, 5.41) is 6.72. The molecule has 19 heavy (non-hydrogen) atoms. The first-order valence-electron chi connectivity index (χ1n) is 7.31. The van der Waals surface area contributed by atoms with Crippen molar-refractivity contribution in [1.29, 1.82) is 0 Å². The van der Waals surface area contributed by atoms with Gasteiger partial charge in [0.25, 0.3) is 0 Å². The highest BCUT2D eigenvalue weighted by atomic mass is 127. The predicted molar refractivity (Wildman–Crippen MR) is 94.5 cm³/mol. The third kappa shape index (κ3) is 8.68. The van der Waals surface area contributed by atoms with Crippen LogP contribution >= 0.6 is 24.0 Å². The fraction of sp³-hybridized carbons (Fsp3) is 0.929. The second-order valence-electron chi connectivity index (χ2n) is 5.72. The molecule has 0 saturated carbocycles. The Kier molecular flexibility index (Phi) is 10.7. The van der Waals surface area contributed by atoms with Gasteiger partial charge in [-0.15, -0.1) is 24.0 Å². The van der Waals surface area contributed by atoms with Gasteiger partial charge in [0.1, 0.15) is 0 Å². The van der Waals surface area contributed by atoms with Crippen molar-refractivity contribution in [3.05, 3.63) is 0 Å². The fourth-order valence-corrected chi connectivity index (χ4v) is 2.39. The molecule has 1 saturated heterocycles. The lowest BCUT2D eigenvalue weighted by Crippen LogP contribution is -2.44. The maximum absolute atomic E-state index is 4.23. The van der Waals surface area contributed by atoms with E-state index >= 15 is 0 Å². The van der Waals surface area contributed by atoms with Crippen molar-refractivity contribution in [3.63, 3.8) is 0 Å². The highest BCUT2D eigenvalue weighted by Crippen LogP contribution is 2.10. The summed E-state index contributed by atoms with van der Waals surface area (Å²) in [5.74, 6) is 1.57. The Morgan fingerprint density at radius 3 is 2.32 bits per heavy atom. The van der Waals surface area contributed by atoms with Gasteiger partial charge in [-0.3, -0.25) is 4.99 Å². The van der Waals surface area contributed by atoms with Crippen LogP contribution in [-0.2, 0) is 0 Å². The van der Waals surface area contributed by atoms with Crippen molar-refractivity contribution in [2.45, 2.75) is 46.1 Å². The lowest BCUT2D eigenvalue weighted by molar-refractivity contribution is 0.201. The van der Waals surface area contributed by atoms with Crippen molar-refractivity contribution in [2.75, 3.05) is 33.2 Å². The van der Waals surface area contributed by atoms with Crippen LogP contribution < -0.4 is 10.6 Å². The molecule has 114 valence electrons. The molecule has 0 bridgehead atoms. The van der Waals surface area contributed by atoms with Gasteiger partial charge in [0.05, 0.1) is 0 Å². The SMILES string of the molecule is CN=C(NCC(C)CN1CCCCC1)NC(C)C.I. The molecule has 1 heterocycles. The van der Waals surface area contributed by atoms with Crippen molar-refractivity contribution in [3.8, 4) is 0 Å². The molecule has 0 aromatic rings. The number of likely N-dealkylation sites (tertiary alicyclic amines) is 1. The Hall–Kier alpha value is -0.0400. The molecule has 1 aliphatic heterocycles. The Balaban J connectivity index is 0.00000324. The quantitative estimate of drug-likeness (QED) is 0.436. The van der Waals surface area contributed by atoms with Crippen LogP contribution in [-0.4, -0.2) is 50.1 Å². The van der Waals surface area contributed by atoms with Gasteiger partial charge >= 0.3 is 0 Å². The minimum absolute atomic E-state index is 0. The van der Waals surface area contributed by atoms with Gasteiger partial charge < -0.3 is 15.5 Å². The number of rotatable bonds is 5. The molecule has 0 radical (unpaired) electrons. The molecule has 1 aliphatic rings. The zero-order valence-corrected chi connectivity index (χ0v) is 15.2. The van der Waals surface area contributed by atoms with Crippen molar-refractivity contribution in [1.82, 2.24) is 15.5 Å². The standard InChI is InChI=1S/C14H30N4.HI/c1-12(2)17-14(15-4)16-10-13(3)11-18-8-6-5-7-9-18;/h12-13H,5-11H2,1-4H3,(H2,15,16,17);1H. The number of halogens is 1. The average Bonchev–Trinajstić information content (AvgIpc) is 2.35. The maximum Gasteiger partial charge on any atom is 0.191 e. The van der Waals surface area contributed by atoms with Gasteiger partial charge in [0.2, 0.25) is 0 Å². The molecule has 0 spiro atoms. The van der Waals surface area contributed by atoms with E-state index in [1.54, 1.807) is 0 Å². The molecule has 0 aromatic heterocycles. The van der Waals surface area contributed by atoms with E-state index in [1.165, 1.54) is 38.9 Å². The van der Waals surface area contributed by atoms with Crippen LogP contribution in [0.2, 0.25) is 0 Å². The van der Waals surface area contributed by atoms with E-state index in [0.29, 0.717) is 12.0 Å². The molecule has 2 N–H and O–H groups in total. The average molecular weight is 382 g/mol. The van der Waals surface area contributed by atoms with Gasteiger partial charge in [0, 0.05) is 26.2 Å². The Morgan fingerprint density at radius 1 is 1.16 bits per heavy atom. The van der Waals surface area contributed by atoms with E-state index in [9.17, 15) is 0 Å². The Morgan fingerprint density at radius 2 is 1.79 bits per heavy atom. The van der Waals surface area contributed by atoms with E-state index in [2.05, 4.69) is 41.3 Å². The maximum atomic E-state index is 4.23. The van der Waals surface area contributed by atoms with E-state index in [0.717, 1.165) is 12.5 Å². The molecule has 4 nitrogen and oxygen atoms in total. The number of guanidine groups is 1. The number of piperidine rings is 1. The van der Waals surface area contributed by atoms with Crippen LogP contribution in [0.25, 0.3) is 0 Å². The Bertz CT molecular complexity index is 250. The third-order valence-corrected chi connectivity index (χ3v) is 3.29. The first kappa shape index (κ1) is 19.0. The lowest BCUT2D eigenvalue weighted by Gasteiger charge is -2.29. The van der Waals surface area contributed by atoms with Gasteiger partial charge in [-0.1, -0.05) is 13.3 Å². The van der Waals surface area contributed by atoms with Crippen LogP contribution in [0.1, 0.15) is 40.0 Å². The molecule has 1 atom stereocenters. The molecule has 5 heteroatoms. The Labute approximate surface area is 135 Å². The molecule has 1 fully saturated rings. The topological polar surface area (TPSA) is 39.7 Å². The number of hydrogen-bond donors (Lipinski definition) is 2.